The molecule has 2 aromatic rings. The highest BCUT2D eigenvalue weighted by atomic mass is 32.1. The van der Waals surface area contributed by atoms with Gasteiger partial charge in [-0.1, -0.05) is 42.5 Å². The van der Waals surface area contributed by atoms with Crippen molar-refractivity contribution in [3.63, 3.8) is 0 Å². The minimum Gasteiger partial charge on any atom is -0.331 e. The van der Waals surface area contributed by atoms with Crippen LogP contribution in [-0.4, -0.2) is 10.8 Å². The van der Waals surface area contributed by atoms with E-state index in [0.717, 1.165) is 17.0 Å². The molecule has 0 fully saturated rings. The zero-order valence-electron chi connectivity index (χ0n) is 12.5. The Balaban J connectivity index is 2.01. The smallest absolute Gasteiger partial charge is 0.191 e. The lowest BCUT2D eigenvalue weighted by atomic mass is 10.1. The summed E-state index contributed by atoms with van der Waals surface area (Å²) in [6.07, 6.45) is 0. The number of anilines is 1. The van der Waals surface area contributed by atoms with Gasteiger partial charge in [-0.15, -0.1) is 0 Å². The molecule has 0 heterocycles. The molecule has 21 heavy (non-hydrogen) atoms. The topological polar surface area (TPSA) is 36.4 Å². The van der Waals surface area contributed by atoms with E-state index in [0.29, 0.717) is 5.11 Å². The maximum absolute atomic E-state index is 5.28. The quantitative estimate of drug-likeness (QED) is 0.510. The average molecular weight is 297 g/mol. The highest BCUT2D eigenvalue weighted by molar-refractivity contribution is 7.80. The number of hydrogen-bond donors (Lipinski definition) is 2. The van der Waals surface area contributed by atoms with E-state index in [9.17, 15) is 0 Å². The first kappa shape index (κ1) is 15.2. The van der Waals surface area contributed by atoms with E-state index >= 15 is 0 Å². The fourth-order valence-electron chi connectivity index (χ4n) is 1.92. The molecule has 2 aromatic carbocycles. The summed E-state index contributed by atoms with van der Waals surface area (Å²) in [4.78, 5) is 0. The summed E-state index contributed by atoms with van der Waals surface area (Å²) in [7, 11) is 0. The van der Waals surface area contributed by atoms with Crippen molar-refractivity contribution in [3.05, 3.63) is 65.2 Å². The van der Waals surface area contributed by atoms with Crippen molar-refractivity contribution in [2.75, 3.05) is 5.32 Å². The molecule has 0 aliphatic rings. The molecule has 3 nitrogen and oxygen atoms in total. The van der Waals surface area contributed by atoms with Crippen molar-refractivity contribution in [1.29, 1.82) is 0 Å². The maximum atomic E-state index is 5.28. The van der Waals surface area contributed by atoms with Crippen molar-refractivity contribution < 1.29 is 0 Å². The van der Waals surface area contributed by atoms with E-state index in [1.165, 1.54) is 11.1 Å². The molecule has 108 valence electrons. The van der Waals surface area contributed by atoms with Crippen LogP contribution in [0.4, 0.5) is 5.69 Å². The second-order valence-electron chi connectivity index (χ2n) is 4.88. The van der Waals surface area contributed by atoms with Crippen LogP contribution in [0.2, 0.25) is 0 Å². The van der Waals surface area contributed by atoms with Crippen LogP contribution >= 0.6 is 12.2 Å². The van der Waals surface area contributed by atoms with Crippen molar-refractivity contribution in [2.24, 2.45) is 5.10 Å². The van der Waals surface area contributed by atoms with E-state index in [4.69, 9.17) is 12.2 Å². The number of rotatable bonds is 3. The fourth-order valence-corrected chi connectivity index (χ4v) is 2.07. The van der Waals surface area contributed by atoms with Gasteiger partial charge in [-0.25, -0.2) is 0 Å². The molecule has 0 aliphatic heterocycles. The monoisotopic (exact) mass is 297 g/mol. The molecule has 0 aliphatic carbocycles. The fraction of sp³-hybridized carbons (Fsp3) is 0.176. The number of hydrogen-bond acceptors (Lipinski definition) is 2. The van der Waals surface area contributed by atoms with Gasteiger partial charge < -0.3 is 5.32 Å². The third kappa shape index (κ3) is 4.13. The van der Waals surface area contributed by atoms with Gasteiger partial charge in [0.05, 0.1) is 5.71 Å². The van der Waals surface area contributed by atoms with Crippen LogP contribution in [0.5, 0.6) is 0 Å². The second-order valence-corrected chi connectivity index (χ2v) is 5.28. The highest BCUT2D eigenvalue weighted by Crippen LogP contribution is 2.17. The van der Waals surface area contributed by atoms with E-state index < -0.39 is 0 Å². The lowest BCUT2D eigenvalue weighted by Gasteiger charge is -2.12. The number of aryl methyl sites for hydroxylation is 1. The molecule has 2 N–H and O–H groups in total. The highest BCUT2D eigenvalue weighted by Gasteiger charge is 2.02. The molecule has 0 saturated heterocycles. The third-order valence-corrected chi connectivity index (χ3v) is 3.56. The molecule has 0 atom stereocenters. The van der Waals surface area contributed by atoms with Crippen LogP contribution in [-0.2, 0) is 0 Å². The number of benzene rings is 2. The van der Waals surface area contributed by atoms with Gasteiger partial charge in [0.15, 0.2) is 5.11 Å². The summed E-state index contributed by atoms with van der Waals surface area (Å²) in [5.74, 6) is 0. The molecule has 0 saturated carbocycles. The minimum atomic E-state index is 0.485. The maximum Gasteiger partial charge on any atom is 0.191 e. The van der Waals surface area contributed by atoms with E-state index in [1.54, 1.807) is 0 Å². The zero-order chi connectivity index (χ0) is 15.2. The lowest BCUT2D eigenvalue weighted by molar-refractivity contribution is 1.04. The van der Waals surface area contributed by atoms with Crippen LogP contribution in [0, 0.1) is 13.8 Å². The van der Waals surface area contributed by atoms with Crippen LogP contribution in [0.25, 0.3) is 0 Å². The van der Waals surface area contributed by atoms with Gasteiger partial charge in [0.2, 0.25) is 0 Å². The average Bonchev–Trinajstić information content (AvgIpc) is 2.50. The van der Waals surface area contributed by atoms with Gasteiger partial charge in [0.1, 0.15) is 0 Å². The van der Waals surface area contributed by atoms with Gasteiger partial charge in [0, 0.05) is 5.69 Å². The van der Waals surface area contributed by atoms with Gasteiger partial charge in [-0.3, -0.25) is 5.43 Å². The summed E-state index contributed by atoms with van der Waals surface area (Å²) in [6, 6.07) is 16.1. The molecule has 0 radical (unpaired) electrons. The van der Waals surface area contributed by atoms with E-state index in [1.807, 2.05) is 49.4 Å². The summed E-state index contributed by atoms with van der Waals surface area (Å²) in [5, 5.41) is 7.96. The molecule has 0 aromatic heterocycles. The standard InChI is InChI=1S/C17H19N3S/c1-12-8-7-11-16(13(12)2)18-17(21)20-19-14(3)15-9-5-4-6-10-15/h4-11H,1-3H3,(H2,18,20,21). The van der Waals surface area contributed by atoms with Crippen LogP contribution in [0.15, 0.2) is 53.6 Å². The van der Waals surface area contributed by atoms with E-state index in [2.05, 4.69) is 35.8 Å². The molecular weight excluding hydrogens is 278 g/mol. The predicted octanol–water partition coefficient (Wildman–Crippen LogP) is 4.01. The van der Waals surface area contributed by atoms with Crippen LogP contribution < -0.4 is 10.7 Å². The zero-order valence-corrected chi connectivity index (χ0v) is 13.3. The number of hydrazone groups is 1. The van der Waals surface area contributed by atoms with Crippen molar-refractivity contribution in [3.8, 4) is 0 Å². The second kappa shape index (κ2) is 6.99. The number of nitrogens with zero attached hydrogens (tertiary/aromatic N) is 1. The van der Waals surface area contributed by atoms with Crippen LogP contribution in [0.3, 0.4) is 0 Å². The van der Waals surface area contributed by atoms with Crippen molar-refractivity contribution in [2.45, 2.75) is 20.8 Å². The molecular formula is C17H19N3S. The Morgan fingerprint density at radius 3 is 2.43 bits per heavy atom. The van der Waals surface area contributed by atoms with E-state index in [-0.39, 0.29) is 0 Å². The summed E-state index contributed by atoms with van der Waals surface area (Å²) in [5.41, 5.74) is 8.26. The minimum absolute atomic E-state index is 0.485. The molecule has 0 bridgehead atoms. The lowest BCUT2D eigenvalue weighted by Crippen LogP contribution is -2.25. The van der Waals surface area contributed by atoms with Gasteiger partial charge in [0.25, 0.3) is 0 Å². The van der Waals surface area contributed by atoms with Gasteiger partial charge in [-0.2, -0.15) is 5.10 Å². The normalized spacial score (nSPS) is 11.1. The Morgan fingerprint density at radius 1 is 1.00 bits per heavy atom. The van der Waals surface area contributed by atoms with Crippen molar-refractivity contribution in [1.82, 2.24) is 5.43 Å². The summed E-state index contributed by atoms with van der Waals surface area (Å²) in [6.45, 7) is 6.09. The first-order valence-corrected chi connectivity index (χ1v) is 7.21. The van der Waals surface area contributed by atoms with Crippen molar-refractivity contribution >= 4 is 28.7 Å². The number of thiocarbonyl (C=S) groups is 1. The molecule has 4 heteroatoms. The first-order chi connectivity index (χ1) is 10.1. The Labute approximate surface area is 131 Å². The Morgan fingerprint density at radius 2 is 1.71 bits per heavy atom. The summed E-state index contributed by atoms with van der Waals surface area (Å²) < 4.78 is 0. The van der Waals surface area contributed by atoms with Crippen LogP contribution in [0.1, 0.15) is 23.6 Å². The largest absolute Gasteiger partial charge is 0.331 e. The van der Waals surface area contributed by atoms with Gasteiger partial charge >= 0.3 is 0 Å². The summed E-state index contributed by atoms with van der Waals surface area (Å²) >= 11 is 5.28. The molecule has 0 spiro atoms. The Bertz CT molecular complexity index is 663. The third-order valence-electron chi connectivity index (χ3n) is 3.37. The molecule has 0 amide bonds. The Kier molecular flexibility index (Phi) is 5.06. The molecule has 0 unspecified atom stereocenters. The first-order valence-electron chi connectivity index (χ1n) is 6.81. The number of nitrogens with one attached hydrogen (secondary N) is 2. The molecule has 2 rings (SSSR count). The Hall–Kier alpha value is -2.20. The predicted molar refractivity (Wildman–Crippen MR) is 93.9 cm³/mol. The van der Waals surface area contributed by atoms with Gasteiger partial charge in [-0.05, 0) is 55.7 Å². The SMILES string of the molecule is CC(=NNC(=S)Nc1cccc(C)c1C)c1ccccc1.